The van der Waals surface area contributed by atoms with Gasteiger partial charge in [-0.05, 0) is 38.4 Å². The Kier molecular flexibility index (Phi) is 5.89. The van der Waals surface area contributed by atoms with E-state index in [1.165, 1.54) is 18.6 Å². The molecule has 0 unspecified atom stereocenters. The van der Waals surface area contributed by atoms with Crippen LogP contribution in [-0.4, -0.2) is 35.5 Å². The first-order chi connectivity index (χ1) is 10.6. The van der Waals surface area contributed by atoms with Gasteiger partial charge in [-0.1, -0.05) is 18.6 Å². The number of benzene rings is 1. The van der Waals surface area contributed by atoms with Crippen LogP contribution in [0.1, 0.15) is 44.2 Å². The SMILES string of the molecule is CCOC(=O)C[C@H](c1ccc([N+](=O)[O-])cc1)N1CCCCC1. The molecule has 1 aromatic rings. The molecule has 6 heteroatoms. The number of nitro benzene ring substituents is 1. The second kappa shape index (κ2) is 7.89. The number of hydrogen-bond donors (Lipinski definition) is 0. The highest BCUT2D eigenvalue weighted by Gasteiger charge is 2.25. The molecule has 1 aromatic carbocycles. The summed E-state index contributed by atoms with van der Waals surface area (Å²) in [5.41, 5.74) is 0.998. The van der Waals surface area contributed by atoms with E-state index < -0.39 is 4.92 Å². The van der Waals surface area contributed by atoms with Gasteiger partial charge in [-0.2, -0.15) is 0 Å². The van der Waals surface area contributed by atoms with E-state index in [-0.39, 0.29) is 24.1 Å². The number of carbonyl (C=O) groups excluding carboxylic acids is 1. The second-order valence-corrected chi connectivity index (χ2v) is 5.47. The molecular formula is C16H22N2O4. The molecule has 0 aromatic heterocycles. The number of ether oxygens (including phenoxy) is 1. The van der Waals surface area contributed by atoms with Crippen LogP contribution >= 0.6 is 0 Å². The lowest BCUT2D eigenvalue weighted by Crippen LogP contribution is -2.35. The average molecular weight is 306 g/mol. The molecule has 1 aliphatic heterocycles. The summed E-state index contributed by atoms with van der Waals surface area (Å²) < 4.78 is 5.07. The molecule has 1 atom stereocenters. The van der Waals surface area contributed by atoms with Crippen molar-refractivity contribution in [2.24, 2.45) is 0 Å². The summed E-state index contributed by atoms with van der Waals surface area (Å²) in [6.45, 7) is 4.05. The van der Waals surface area contributed by atoms with Crippen molar-refractivity contribution >= 4 is 11.7 Å². The van der Waals surface area contributed by atoms with Crippen molar-refractivity contribution < 1.29 is 14.5 Å². The van der Waals surface area contributed by atoms with E-state index in [0.29, 0.717) is 6.61 Å². The molecule has 1 aliphatic rings. The van der Waals surface area contributed by atoms with Gasteiger partial charge in [0.05, 0.1) is 18.0 Å². The highest BCUT2D eigenvalue weighted by molar-refractivity contribution is 5.70. The van der Waals surface area contributed by atoms with E-state index in [1.807, 2.05) is 0 Å². The van der Waals surface area contributed by atoms with Crippen molar-refractivity contribution in [2.75, 3.05) is 19.7 Å². The Morgan fingerprint density at radius 1 is 1.27 bits per heavy atom. The number of piperidine rings is 1. The molecule has 0 amide bonds. The fraction of sp³-hybridized carbons (Fsp3) is 0.562. The van der Waals surface area contributed by atoms with E-state index in [0.717, 1.165) is 31.5 Å². The van der Waals surface area contributed by atoms with Gasteiger partial charge in [0.2, 0.25) is 0 Å². The van der Waals surface area contributed by atoms with E-state index >= 15 is 0 Å². The van der Waals surface area contributed by atoms with Crippen molar-refractivity contribution in [3.63, 3.8) is 0 Å². The standard InChI is InChI=1S/C16H22N2O4/c1-2-22-16(19)12-15(17-10-4-3-5-11-17)13-6-8-14(9-7-13)18(20)21/h6-9,15H,2-5,10-12H2,1H3/t15-/m1/s1. The highest BCUT2D eigenvalue weighted by Crippen LogP contribution is 2.29. The third kappa shape index (κ3) is 4.27. The molecule has 2 rings (SSSR count). The van der Waals surface area contributed by atoms with Crippen molar-refractivity contribution in [3.05, 3.63) is 39.9 Å². The number of esters is 1. The van der Waals surface area contributed by atoms with Crippen LogP contribution in [-0.2, 0) is 9.53 Å². The molecule has 1 saturated heterocycles. The Morgan fingerprint density at radius 3 is 2.45 bits per heavy atom. The maximum Gasteiger partial charge on any atom is 0.307 e. The number of nitro groups is 1. The van der Waals surface area contributed by atoms with Crippen molar-refractivity contribution in [1.29, 1.82) is 0 Å². The third-order valence-corrected chi connectivity index (χ3v) is 3.99. The minimum atomic E-state index is -0.412. The van der Waals surface area contributed by atoms with Crippen molar-refractivity contribution in [2.45, 2.75) is 38.6 Å². The predicted molar refractivity (Wildman–Crippen MR) is 82.5 cm³/mol. The van der Waals surface area contributed by atoms with E-state index in [9.17, 15) is 14.9 Å². The number of carbonyl (C=O) groups is 1. The Balaban J connectivity index is 2.18. The lowest BCUT2D eigenvalue weighted by molar-refractivity contribution is -0.384. The first-order valence-corrected chi connectivity index (χ1v) is 7.76. The molecule has 22 heavy (non-hydrogen) atoms. The lowest BCUT2D eigenvalue weighted by atomic mass is 9.98. The number of hydrogen-bond acceptors (Lipinski definition) is 5. The Bertz CT molecular complexity index is 509. The summed E-state index contributed by atoms with van der Waals surface area (Å²) in [4.78, 5) is 24.5. The third-order valence-electron chi connectivity index (χ3n) is 3.99. The summed E-state index contributed by atoms with van der Waals surface area (Å²) in [5.74, 6) is -0.226. The molecule has 0 saturated carbocycles. The molecule has 0 N–H and O–H groups in total. The Morgan fingerprint density at radius 2 is 1.91 bits per heavy atom. The van der Waals surface area contributed by atoms with Gasteiger partial charge in [-0.3, -0.25) is 19.8 Å². The van der Waals surface area contributed by atoms with Crippen LogP contribution in [0.15, 0.2) is 24.3 Å². The minimum absolute atomic E-state index is 0.0669. The van der Waals surface area contributed by atoms with Gasteiger partial charge in [0.15, 0.2) is 0 Å². The lowest BCUT2D eigenvalue weighted by Gasteiger charge is -2.34. The zero-order valence-electron chi connectivity index (χ0n) is 12.9. The molecule has 1 fully saturated rings. The molecule has 0 spiro atoms. The highest BCUT2D eigenvalue weighted by atomic mass is 16.6. The summed E-state index contributed by atoms with van der Waals surface area (Å²) in [6.07, 6.45) is 3.73. The number of nitrogens with zero attached hydrogens (tertiary/aromatic N) is 2. The normalized spacial score (nSPS) is 17.0. The zero-order valence-corrected chi connectivity index (χ0v) is 12.9. The van der Waals surface area contributed by atoms with Crippen LogP contribution in [0.2, 0.25) is 0 Å². The van der Waals surface area contributed by atoms with Gasteiger partial charge in [0, 0.05) is 18.2 Å². The van der Waals surface area contributed by atoms with Crippen molar-refractivity contribution in [3.8, 4) is 0 Å². The summed E-state index contributed by atoms with van der Waals surface area (Å²) in [7, 11) is 0. The van der Waals surface area contributed by atoms with Gasteiger partial charge in [0.25, 0.3) is 5.69 Å². The molecular weight excluding hydrogens is 284 g/mol. The zero-order chi connectivity index (χ0) is 15.9. The smallest absolute Gasteiger partial charge is 0.307 e. The largest absolute Gasteiger partial charge is 0.466 e. The fourth-order valence-electron chi connectivity index (χ4n) is 2.88. The summed E-state index contributed by atoms with van der Waals surface area (Å²) >= 11 is 0. The Labute approximate surface area is 130 Å². The maximum atomic E-state index is 11.9. The van der Waals surface area contributed by atoms with Crippen LogP contribution in [0.4, 0.5) is 5.69 Å². The fourth-order valence-corrected chi connectivity index (χ4v) is 2.88. The van der Waals surface area contributed by atoms with Crippen LogP contribution in [0, 0.1) is 10.1 Å². The van der Waals surface area contributed by atoms with Gasteiger partial charge < -0.3 is 4.74 Å². The van der Waals surface area contributed by atoms with Crippen LogP contribution in [0.3, 0.4) is 0 Å². The quantitative estimate of drug-likeness (QED) is 0.459. The minimum Gasteiger partial charge on any atom is -0.466 e. The van der Waals surface area contributed by atoms with E-state index in [4.69, 9.17) is 4.74 Å². The predicted octanol–water partition coefficient (Wildman–Crippen LogP) is 3.08. The summed E-state index contributed by atoms with van der Waals surface area (Å²) in [6, 6.07) is 6.42. The van der Waals surface area contributed by atoms with Crippen LogP contribution in [0.5, 0.6) is 0 Å². The number of non-ortho nitro benzene ring substituents is 1. The second-order valence-electron chi connectivity index (χ2n) is 5.47. The molecule has 1 heterocycles. The Hall–Kier alpha value is -1.95. The first kappa shape index (κ1) is 16.4. The molecule has 0 bridgehead atoms. The van der Waals surface area contributed by atoms with Gasteiger partial charge in [0.1, 0.15) is 0 Å². The average Bonchev–Trinajstić information content (AvgIpc) is 2.54. The molecule has 0 radical (unpaired) electrons. The summed E-state index contributed by atoms with van der Waals surface area (Å²) in [5, 5.41) is 10.8. The molecule has 0 aliphatic carbocycles. The number of rotatable bonds is 6. The monoisotopic (exact) mass is 306 g/mol. The van der Waals surface area contributed by atoms with Crippen LogP contribution in [0.25, 0.3) is 0 Å². The molecule has 120 valence electrons. The van der Waals surface area contributed by atoms with Gasteiger partial charge >= 0.3 is 5.97 Å². The topological polar surface area (TPSA) is 72.7 Å². The molecule has 6 nitrogen and oxygen atoms in total. The van der Waals surface area contributed by atoms with Gasteiger partial charge in [-0.15, -0.1) is 0 Å². The maximum absolute atomic E-state index is 11.9. The first-order valence-electron chi connectivity index (χ1n) is 7.76. The van der Waals surface area contributed by atoms with Crippen molar-refractivity contribution in [1.82, 2.24) is 4.90 Å². The van der Waals surface area contributed by atoms with Crippen LogP contribution < -0.4 is 0 Å². The van der Waals surface area contributed by atoms with Gasteiger partial charge in [-0.25, -0.2) is 0 Å². The van der Waals surface area contributed by atoms with E-state index in [1.54, 1.807) is 19.1 Å². The van der Waals surface area contributed by atoms with E-state index in [2.05, 4.69) is 4.90 Å². The number of likely N-dealkylation sites (tertiary alicyclic amines) is 1.